The fraction of sp³-hybridized carbons (Fsp3) is 1.00. The molecule has 0 saturated carbocycles. The summed E-state index contributed by atoms with van der Waals surface area (Å²) in [7, 11) is 3.91. The molecule has 0 aromatic heterocycles. The minimum atomic E-state index is 0.588. The topological polar surface area (TPSA) is 24.1 Å². The highest BCUT2D eigenvalue weighted by atomic mass is 14.9. The summed E-state index contributed by atoms with van der Waals surface area (Å²) in [6.45, 7) is 7.17. The molecule has 0 aliphatic heterocycles. The Bertz CT molecular complexity index is 37.9. The second-order valence-corrected chi connectivity index (χ2v) is 1.75. The van der Waals surface area contributed by atoms with E-state index in [0.717, 1.165) is 6.54 Å². The molecule has 1 atom stereocenters. The van der Waals surface area contributed by atoms with Gasteiger partial charge in [0.2, 0.25) is 0 Å². The largest absolute Gasteiger partial charge is 0.318 e. The Balaban J connectivity index is 0. The third-order valence-corrected chi connectivity index (χ3v) is 1.00. The Kier molecular flexibility index (Phi) is 14.0. The molecule has 0 radical (unpaired) electrons. The van der Waals surface area contributed by atoms with E-state index in [9.17, 15) is 0 Å². The normalized spacial score (nSPS) is 11.7. The van der Waals surface area contributed by atoms with Crippen molar-refractivity contribution < 1.29 is 0 Å². The van der Waals surface area contributed by atoms with Crippen LogP contribution in [-0.4, -0.2) is 26.7 Å². The van der Waals surface area contributed by atoms with Gasteiger partial charge in [-0.05, 0) is 21.0 Å². The van der Waals surface area contributed by atoms with Crippen LogP contribution < -0.4 is 10.6 Å². The fourth-order valence-corrected chi connectivity index (χ4v) is 0.408. The molecule has 2 nitrogen and oxygen atoms in total. The van der Waals surface area contributed by atoms with Crippen LogP contribution in [0.2, 0.25) is 0 Å². The highest BCUT2D eigenvalue weighted by Gasteiger charge is 1.90. The lowest BCUT2D eigenvalue weighted by molar-refractivity contribution is 0.573. The van der Waals surface area contributed by atoms with Crippen molar-refractivity contribution in [2.45, 2.75) is 26.8 Å². The molecular formula is C7H20N2. The van der Waals surface area contributed by atoms with Gasteiger partial charge >= 0.3 is 0 Å². The Morgan fingerprint density at radius 3 is 1.78 bits per heavy atom. The molecule has 0 fully saturated rings. The van der Waals surface area contributed by atoms with Gasteiger partial charge in [0.05, 0.1) is 0 Å². The summed E-state index contributed by atoms with van der Waals surface area (Å²) in [5.41, 5.74) is 0. The van der Waals surface area contributed by atoms with Crippen molar-refractivity contribution >= 4 is 0 Å². The van der Waals surface area contributed by atoms with Crippen molar-refractivity contribution in [3.05, 3.63) is 0 Å². The molecule has 2 heteroatoms. The van der Waals surface area contributed by atoms with E-state index in [1.54, 1.807) is 0 Å². The first-order valence-electron chi connectivity index (χ1n) is 3.63. The first-order valence-corrected chi connectivity index (χ1v) is 3.63. The SMILES string of the molecule is CC.CNC[C@H](C)NC. The standard InChI is InChI=1S/C5H14N2.C2H6/c1-5(7-3)4-6-2;1-2/h5-7H,4H2,1-3H3;1-2H3/t5-;/m0./s1. The van der Waals surface area contributed by atoms with Crippen LogP contribution in [0.3, 0.4) is 0 Å². The average molecular weight is 132 g/mol. The van der Waals surface area contributed by atoms with Crippen molar-refractivity contribution in [3.8, 4) is 0 Å². The highest BCUT2D eigenvalue weighted by molar-refractivity contribution is 4.56. The molecule has 0 unspecified atom stereocenters. The molecule has 0 spiro atoms. The van der Waals surface area contributed by atoms with Gasteiger partial charge in [-0.2, -0.15) is 0 Å². The van der Waals surface area contributed by atoms with Crippen molar-refractivity contribution in [3.63, 3.8) is 0 Å². The predicted molar refractivity (Wildman–Crippen MR) is 43.8 cm³/mol. The lowest BCUT2D eigenvalue weighted by Crippen LogP contribution is -2.31. The monoisotopic (exact) mass is 132 g/mol. The fourth-order valence-electron chi connectivity index (χ4n) is 0.408. The summed E-state index contributed by atoms with van der Waals surface area (Å²) in [6.07, 6.45) is 0. The molecule has 0 aromatic carbocycles. The number of hydrogen-bond donors (Lipinski definition) is 2. The van der Waals surface area contributed by atoms with Gasteiger partial charge in [0.1, 0.15) is 0 Å². The smallest absolute Gasteiger partial charge is 0.0161 e. The van der Waals surface area contributed by atoms with E-state index < -0.39 is 0 Å². The third-order valence-electron chi connectivity index (χ3n) is 1.00. The van der Waals surface area contributed by atoms with Crippen molar-refractivity contribution in [2.24, 2.45) is 0 Å². The van der Waals surface area contributed by atoms with E-state index in [1.807, 2.05) is 27.9 Å². The van der Waals surface area contributed by atoms with Gasteiger partial charge in [-0.1, -0.05) is 13.8 Å². The molecule has 9 heavy (non-hydrogen) atoms. The maximum absolute atomic E-state index is 3.10. The van der Waals surface area contributed by atoms with Gasteiger partial charge in [-0.3, -0.25) is 0 Å². The average Bonchev–Trinajstić information content (AvgIpc) is 1.93. The van der Waals surface area contributed by atoms with Crippen LogP contribution >= 0.6 is 0 Å². The maximum Gasteiger partial charge on any atom is 0.0161 e. The van der Waals surface area contributed by atoms with Crippen LogP contribution in [0.4, 0.5) is 0 Å². The zero-order chi connectivity index (χ0) is 7.70. The summed E-state index contributed by atoms with van der Waals surface area (Å²) in [6, 6.07) is 0.588. The van der Waals surface area contributed by atoms with Crippen molar-refractivity contribution in [1.29, 1.82) is 0 Å². The van der Waals surface area contributed by atoms with Crippen LogP contribution in [0.5, 0.6) is 0 Å². The molecule has 0 saturated heterocycles. The summed E-state index contributed by atoms with van der Waals surface area (Å²) in [5, 5.41) is 6.16. The quantitative estimate of drug-likeness (QED) is 0.594. The van der Waals surface area contributed by atoms with Crippen LogP contribution in [0, 0.1) is 0 Å². The molecule has 0 heterocycles. The highest BCUT2D eigenvalue weighted by Crippen LogP contribution is 1.70. The second-order valence-electron chi connectivity index (χ2n) is 1.75. The van der Waals surface area contributed by atoms with E-state index in [4.69, 9.17) is 0 Å². The van der Waals surface area contributed by atoms with Gasteiger partial charge in [0, 0.05) is 12.6 Å². The molecule has 2 N–H and O–H groups in total. The van der Waals surface area contributed by atoms with Crippen LogP contribution in [0.15, 0.2) is 0 Å². The third kappa shape index (κ3) is 11.5. The summed E-state index contributed by atoms with van der Waals surface area (Å²) in [4.78, 5) is 0. The Labute approximate surface area is 59.0 Å². The second kappa shape index (κ2) is 10.8. The van der Waals surface area contributed by atoms with Crippen LogP contribution in [0.25, 0.3) is 0 Å². The van der Waals surface area contributed by atoms with Gasteiger partial charge in [-0.25, -0.2) is 0 Å². The summed E-state index contributed by atoms with van der Waals surface area (Å²) >= 11 is 0. The molecule has 0 amide bonds. The van der Waals surface area contributed by atoms with E-state index in [1.165, 1.54) is 0 Å². The minimum Gasteiger partial charge on any atom is -0.318 e. The Morgan fingerprint density at radius 1 is 1.22 bits per heavy atom. The summed E-state index contributed by atoms with van der Waals surface area (Å²) < 4.78 is 0. The molecule has 0 aliphatic carbocycles. The molecular weight excluding hydrogens is 112 g/mol. The number of rotatable bonds is 3. The molecule has 0 aromatic rings. The van der Waals surface area contributed by atoms with E-state index >= 15 is 0 Å². The molecule has 0 bridgehead atoms. The van der Waals surface area contributed by atoms with Crippen molar-refractivity contribution in [1.82, 2.24) is 10.6 Å². The van der Waals surface area contributed by atoms with Gasteiger partial charge in [0.15, 0.2) is 0 Å². The molecule has 58 valence electrons. The molecule has 0 rings (SSSR count). The van der Waals surface area contributed by atoms with Gasteiger partial charge < -0.3 is 10.6 Å². The lowest BCUT2D eigenvalue weighted by Gasteiger charge is -2.06. The summed E-state index contributed by atoms with van der Waals surface area (Å²) in [5.74, 6) is 0. The van der Waals surface area contributed by atoms with E-state index in [-0.39, 0.29) is 0 Å². The van der Waals surface area contributed by atoms with Gasteiger partial charge in [-0.15, -0.1) is 0 Å². The lowest BCUT2D eigenvalue weighted by atomic mass is 10.3. The van der Waals surface area contributed by atoms with Crippen LogP contribution in [0.1, 0.15) is 20.8 Å². The first-order chi connectivity index (χ1) is 4.31. The zero-order valence-corrected chi connectivity index (χ0v) is 7.28. The Morgan fingerprint density at radius 2 is 1.67 bits per heavy atom. The van der Waals surface area contributed by atoms with Crippen LogP contribution in [-0.2, 0) is 0 Å². The Hall–Kier alpha value is -0.0800. The van der Waals surface area contributed by atoms with Crippen molar-refractivity contribution in [2.75, 3.05) is 20.6 Å². The minimum absolute atomic E-state index is 0.588. The molecule has 0 aliphatic rings. The first kappa shape index (κ1) is 11.7. The number of nitrogens with one attached hydrogen (secondary N) is 2. The number of likely N-dealkylation sites (N-methyl/N-ethyl adjacent to an activating group) is 2. The number of hydrogen-bond acceptors (Lipinski definition) is 2. The maximum atomic E-state index is 3.10. The van der Waals surface area contributed by atoms with Gasteiger partial charge in [0.25, 0.3) is 0 Å². The zero-order valence-electron chi connectivity index (χ0n) is 7.28. The van der Waals surface area contributed by atoms with E-state index in [0.29, 0.717) is 6.04 Å². The predicted octanol–water partition coefficient (Wildman–Crippen LogP) is 0.840. The van der Waals surface area contributed by atoms with E-state index in [2.05, 4.69) is 17.6 Å².